The van der Waals surface area contributed by atoms with Crippen LogP contribution in [0.5, 0.6) is 17.2 Å². The molecule has 4 heteroatoms. The van der Waals surface area contributed by atoms with Gasteiger partial charge in [0.1, 0.15) is 17.2 Å². The highest BCUT2D eigenvalue weighted by Crippen LogP contribution is 2.36. The third-order valence-corrected chi connectivity index (χ3v) is 7.38. The van der Waals surface area contributed by atoms with Gasteiger partial charge in [0.25, 0.3) is 0 Å². The Morgan fingerprint density at radius 2 is 1.03 bits per heavy atom. The Morgan fingerprint density at radius 1 is 0.613 bits per heavy atom. The first kappa shape index (κ1) is 23.2. The van der Waals surface area contributed by atoms with Crippen molar-refractivity contribution < 1.29 is 14.2 Å². The maximum Gasteiger partial charge on any atom is 0.119 e. The number of ether oxygens (including phenoxy) is 3. The van der Waals surface area contributed by atoms with Crippen LogP contribution in [0, 0.1) is 0 Å². The zero-order valence-electron chi connectivity index (χ0n) is 18.8. The fraction of sp³-hybridized carbons (Fsp3) is 0.333. The molecule has 0 N–H and O–H groups in total. The second-order valence-electron chi connectivity index (χ2n) is 7.44. The number of rotatable bonds is 12. The SMILES string of the molecule is CCCCOc1cccc(P(c2cccc(OC)c2)c2cccc(OCCCC)c2)c1. The summed E-state index contributed by atoms with van der Waals surface area (Å²) in [5.74, 6) is 2.73. The summed E-state index contributed by atoms with van der Waals surface area (Å²) >= 11 is 0. The van der Waals surface area contributed by atoms with Crippen molar-refractivity contribution in [2.24, 2.45) is 0 Å². The fourth-order valence-electron chi connectivity index (χ4n) is 3.29. The van der Waals surface area contributed by atoms with Gasteiger partial charge in [-0.3, -0.25) is 0 Å². The van der Waals surface area contributed by atoms with E-state index in [1.807, 2.05) is 18.2 Å². The quantitative estimate of drug-likeness (QED) is 0.265. The van der Waals surface area contributed by atoms with Crippen molar-refractivity contribution in [3.63, 3.8) is 0 Å². The van der Waals surface area contributed by atoms with E-state index in [9.17, 15) is 0 Å². The van der Waals surface area contributed by atoms with Gasteiger partial charge in [-0.05, 0) is 73.1 Å². The lowest BCUT2D eigenvalue weighted by Crippen LogP contribution is -2.21. The third-order valence-electron chi connectivity index (χ3n) is 5.00. The average Bonchev–Trinajstić information content (AvgIpc) is 2.80. The molecule has 3 aromatic carbocycles. The minimum atomic E-state index is -0.778. The molecule has 0 heterocycles. The van der Waals surface area contributed by atoms with E-state index >= 15 is 0 Å². The monoisotopic (exact) mass is 436 g/mol. The highest BCUT2D eigenvalue weighted by Gasteiger charge is 2.18. The molecule has 31 heavy (non-hydrogen) atoms. The van der Waals surface area contributed by atoms with Crippen LogP contribution >= 0.6 is 7.92 Å². The van der Waals surface area contributed by atoms with Gasteiger partial charge < -0.3 is 14.2 Å². The topological polar surface area (TPSA) is 27.7 Å². The Hall–Kier alpha value is -2.51. The molecule has 0 saturated heterocycles. The highest BCUT2D eigenvalue weighted by atomic mass is 31.1. The molecule has 0 bridgehead atoms. The van der Waals surface area contributed by atoms with Crippen LogP contribution in [0.1, 0.15) is 39.5 Å². The second kappa shape index (κ2) is 12.4. The van der Waals surface area contributed by atoms with Gasteiger partial charge in [-0.25, -0.2) is 0 Å². The minimum absolute atomic E-state index is 0.748. The number of benzene rings is 3. The Kier molecular flexibility index (Phi) is 9.24. The van der Waals surface area contributed by atoms with E-state index < -0.39 is 7.92 Å². The van der Waals surface area contributed by atoms with Crippen molar-refractivity contribution >= 4 is 23.8 Å². The van der Waals surface area contributed by atoms with Crippen LogP contribution in [0.15, 0.2) is 72.8 Å². The van der Waals surface area contributed by atoms with Crippen molar-refractivity contribution in [1.82, 2.24) is 0 Å². The zero-order chi connectivity index (χ0) is 21.9. The summed E-state index contributed by atoms with van der Waals surface area (Å²) in [6, 6.07) is 25.4. The van der Waals surface area contributed by atoms with Crippen LogP contribution in [-0.2, 0) is 0 Å². The predicted molar refractivity (Wildman–Crippen MR) is 133 cm³/mol. The number of hydrogen-bond donors (Lipinski definition) is 0. The molecule has 0 radical (unpaired) electrons. The number of methoxy groups -OCH3 is 1. The summed E-state index contributed by atoms with van der Waals surface area (Å²) in [5, 5.41) is 3.75. The van der Waals surface area contributed by atoms with Crippen LogP contribution in [0.3, 0.4) is 0 Å². The molecular formula is C27H33O3P. The molecule has 0 aliphatic carbocycles. The summed E-state index contributed by atoms with van der Waals surface area (Å²) in [6.45, 7) is 5.85. The molecule has 0 atom stereocenters. The normalized spacial score (nSPS) is 10.8. The van der Waals surface area contributed by atoms with E-state index in [0.717, 1.165) is 56.1 Å². The van der Waals surface area contributed by atoms with Crippen LogP contribution in [0.25, 0.3) is 0 Å². The first-order chi connectivity index (χ1) is 15.2. The molecule has 0 spiro atoms. The van der Waals surface area contributed by atoms with Crippen molar-refractivity contribution in [2.45, 2.75) is 39.5 Å². The zero-order valence-corrected chi connectivity index (χ0v) is 19.7. The Balaban J connectivity index is 1.98. The second-order valence-corrected chi connectivity index (χ2v) is 9.66. The van der Waals surface area contributed by atoms with Gasteiger partial charge in [-0.1, -0.05) is 63.1 Å². The first-order valence-electron chi connectivity index (χ1n) is 11.1. The Labute approximate surface area is 188 Å². The van der Waals surface area contributed by atoms with Gasteiger partial charge in [-0.2, -0.15) is 0 Å². The standard InChI is InChI=1S/C27H33O3P/c1-4-6-17-29-23-12-9-15-26(20-23)31(25-14-8-11-22(19-25)28-3)27-16-10-13-24(21-27)30-18-7-5-2/h8-16,19-21H,4-7,17-18H2,1-3H3. The van der Waals surface area contributed by atoms with Gasteiger partial charge >= 0.3 is 0 Å². The summed E-state index contributed by atoms with van der Waals surface area (Å²) in [6.07, 6.45) is 4.38. The van der Waals surface area contributed by atoms with E-state index in [2.05, 4.69) is 68.4 Å². The largest absolute Gasteiger partial charge is 0.497 e. The molecule has 0 fully saturated rings. The molecule has 0 amide bonds. The van der Waals surface area contributed by atoms with E-state index in [1.54, 1.807) is 7.11 Å². The molecule has 3 nitrogen and oxygen atoms in total. The van der Waals surface area contributed by atoms with Crippen LogP contribution in [0.2, 0.25) is 0 Å². The van der Waals surface area contributed by atoms with Gasteiger partial charge in [-0.15, -0.1) is 0 Å². The molecular weight excluding hydrogens is 403 g/mol. The van der Waals surface area contributed by atoms with E-state index in [4.69, 9.17) is 14.2 Å². The summed E-state index contributed by atoms with van der Waals surface area (Å²) in [7, 11) is 0.937. The van der Waals surface area contributed by atoms with E-state index in [1.165, 1.54) is 15.9 Å². The Bertz CT molecular complexity index is 888. The van der Waals surface area contributed by atoms with Gasteiger partial charge in [0.15, 0.2) is 0 Å². The predicted octanol–water partition coefficient (Wildman–Crippen LogP) is 5.81. The average molecular weight is 437 g/mol. The number of unbranched alkanes of at least 4 members (excludes halogenated alkanes) is 2. The molecule has 3 aromatic rings. The maximum atomic E-state index is 6.00. The molecule has 0 aliphatic rings. The van der Waals surface area contributed by atoms with Crippen LogP contribution < -0.4 is 30.1 Å². The van der Waals surface area contributed by atoms with Crippen molar-refractivity contribution in [3.05, 3.63) is 72.8 Å². The maximum absolute atomic E-state index is 6.00. The molecule has 0 aliphatic heterocycles. The van der Waals surface area contributed by atoms with E-state index in [0.29, 0.717) is 0 Å². The first-order valence-corrected chi connectivity index (χ1v) is 12.5. The molecule has 164 valence electrons. The molecule has 0 unspecified atom stereocenters. The van der Waals surface area contributed by atoms with Crippen molar-refractivity contribution in [1.29, 1.82) is 0 Å². The van der Waals surface area contributed by atoms with Crippen LogP contribution in [-0.4, -0.2) is 20.3 Å². The number of hydrogen-bond acceptors (Lipinski definition) is 3. The smallest absolute Gasteiger partial charge is 0.119 e. The highest BCUT2D eigenvalue weighted by molar-refractivity contribution is 7.79. The van der Waals surface area contributed by atoms with Gasteiger partial charge in [0, 0.05) is 0 Å². The lowest BCUT2D eigenvalue weighted by Gasteiger charge is -2.21. The van der Waals surface area contributed by atoms with Crippen LogP contribution in [0.4, 0.5) is 0 Å². The summed E-state index contributed by atoms with van der Waals surface area (Å²) in [5.41, 5.74) is 0. The summed E-state index contributed by atoms with van der Waals surface area (Å²) in [4.78, 5) is 0. The van der Waals surface area contributed by atoms with Crippen molar-refractivity contribution in [3.8, 4) is 17.2 Å². The van der Waals surface area contributed by atoms with Gasteiger partial charge in [0.2, 0.25) is 0 Å². The Morgan fingerprint density at radius 3 is 1.45 bits per heavy atom. The van der Waals surface area contributed by atoms with E-state index in [-0.39, 0.29) is 0 Å². The third kappa shape index (κ3) is 6.74. The molecule has 3 rings (SSSR count). The lowest BCUT2D eigenvalue weighted by molar-refractivity contribution is 0.309. The summed E-state index contributed by atoms with van der Waals surface area (Å²) < 4.78 is 17.5. The van der Waals surface area contributed by atoms with Crippen molar-refractivity contribution in [2.75, 3.05) is 20.3 Å². The fourth-order valence-corrected chi connectivity index (χ4v) is 5.66. The molecule has 0 saturated carbocycles. The lowest BCUT2D eigenvalue weighted by atomic mass is 10.3. The van der Waals surface area contributed by atoms with Gasteiger partial charge in [0.05, 0.1) is 20.3 Å². The minimum Gasteiger partial charge on any atom is -0.497 e. The molecule has 0 aromatic heterocycles.